The van der Waals surface area contributed by atoms with Gasteiger partial charge in [-0.15, -0.1) is 11.3 Å². The van der Waals surface area contributed by atoms with Crippen molar-refractivity contribution in [2.75, 3.05) is 4.90 Å². The molecule has 46 heavy (non-hydrogen) atoms. The Balaban J connectivity index is 1.55. The third-order valence-electron chi connectivity index (χ3n) is 9.67. The summed E-state index contributed by atoms with van der Waals surface area (Å²) in [7, 11) is 0. The fourth-order valence-electron chi connectivity index (χ4n) is 8.01. The first-order chi connectivity index (χ1) is 22.4. The molecule has 0 bridgehead atoms. The number of hydrogen-bond donors (Lipinski definition) is 0. The lowest BCUT2D eigenvalue weighted by Gasteiger charge is -2.42. The van der Waals surface area contributed by atoms with E-state index in [1.807, 2.05) is 30.3 Å². The van der Waals surface area contributed by atoms with Crippen LogP contribution in [0.5, 0.6) is 0 Å². The molecule has 4 aromatic rings. The molecule has 5 nitrogen and oxygen atoms in total. The number of fused-ring (bicyclic) bond motifs is 5. The van der Waals surface area contributed by atoms with Crippen molar-refractivity contribution in [1.29, 1.82) is 21.0 Å². The SMILES string of the molecule is Cc1cc(C)c(N2c3ccccc3C3(CCCC3)c3cc(C=C4C(=C(C#N)C#N)c5ccccc5C4=C(C#N)C#N)sc32)c(C)c1. The number of benzene rings is 3. The Hall–Kier alpha value is -5.66. The number of para-hydroxylation sites is 1. The van der Waals surface area contributed by atoms with E-state index in [1.54, 1.807) is 11.3 Å². The van der Waals surface area contributed by atoms with Crippen molar-refractivity contribution in [3.05, 3.63) is 127 Å². The molecule has 3 aliphatic rings. The number of aryl methyl sites for hydroxylation is 3. The summed E-state index contributed by atoms with van der Waals surface area (Å²) >= 11 is 1.68. The van der Waals surface area contributed by atoms with Crippen LogP contribution >= 0.6 is 11.3 Å². The first-order valence-corrected chi connectivity index (χ1v) is 16.2. The van der Waals surface area contributed by atoms with Crippen LogP contribution in [-0.2, 0) is 5.41 Å². The average Bonchev–Trinajstić information content (AvgIpc) is 3.78. The number of anilines is 3. The molecular formula is C40H29N5S. The number of thiophene rings is 1. The third-order valence-corrected chi connectivity index (χ3v) is 10.7. The van der Waals surface area contributed by atoms with Gasteiger partial charge in [0, 0.05) is 21.4 Å². The lowest BCUT2D eigenvalue weighted by atomic mass is 9.70. The van der Waals surface area contributed by atoms with Crippen molar-refractivity contribution >= 4 is 44.9 Å². The van der Waals surface area contributed by atoms with Crippen LogP contribution in [-0.4, -0.2) is 0 Å². The van der Waals surface area contributed by atoms with Gasteiger partial charge in [-0.1, -0.05) is 73.0 Å². The van der Waals surface area contributed by atoms with Crippen molar-refractivity contribution in [3.63, 3.8) is 0 Å². The Morgan fingerprint density at radius 2 is 1.28 bits per heavy atom. The lowest BCUT2D eigenvalue weighted by Crippen LogP contribution is -2.32. The molecular weight excluding hydrogens is 583 g/mol. The first kappa shape index (κ1) is 29.1. The monoisotopic (exact) mass is 611 g/mol. The van der Waals surface area contributed by atoms with Gasteiger partial charge in [-0.25, -0.2) is 0 Å². The number of hydrogen-bond acceptors (Lipinski definition) is 6. The molecule has 2 heterocycles. The number of allylic oxidation sites excluding steroid dienone is 5. The zero-order valence-electron chi connectivity index (χ0n) is 25.9. The minimum atomic E-state index is -0.118. The number of rotatable bonds is 2. The van der Waals surface area contributed by atoms with Crippen LogP contribution in [0.4, 0.5) is 16.4 Å². The predicted molar refractivity (Wildman–Crippen MR) is 183 cm³/mol. The van der Waals surface area contributed by atoms with Gasteiger partial charge in [-0.2, -0.15) is 21.0 Å². The van der Waals surface area contributed by atoms with Crippen molar-refractivity contribution < 1.29 is 0 Å². The minimum Gasteiger partial charge on any atom is -0.301 e. The molecule has 1 saturated carbocycles. The maximum Gasteiger partial charge on any atom is 0.138 e. The first-order valence-electron chi connectivity index (χ1n) is 15.4. The molecule has 0 N–H and O–H groups in total. The Kier molecular flexibility index (Phi) is 6.98. The molecule has 1 aromatic heterocycles. The maximum atomic E-state index is 10.0. The zero-order chi connectivity index (χ0) is 32.2. The van der Waals surface area contributed by atoms with Gasteiger partial charge in [-0.3, -0.25) is 0 Å². The summed E-state index contributed by atoms with van der Waals surface area (Å²) in [5.74, 6) is 0. The highest BCUT2D eigenvalue weighted by atomic mass is 32.1. The van der Waals surface area contributed by atoms with Crippen LogP contribution in [0.2, 0.25) is 0 Å². The van der Waals surface area contributed by atoms with Crippen LogP contribution < -0.4 is 4.90 Å². The van der Waals surface area contributed by atoms with E-state index in [-0.39, 0.29) is 16.6 Å². The maximum absolute atomic E-state index is 10.0. The molecule has 1 fully saturated rings. The van der Waals surface area contributed by atoms with Gasteiger partial charge >= 0.3 is 0 Å². The Labute approximate surface area is 273 Å². The van der Waals surface area contributed by atoms with E-state index in [0.717, 1.165) is 35.6 Å². The molecule has 1 spiro atoms. The fourth-order valence-corrected chi connectivity index (χ4v) is 9.23. The molecule has 0 unspecified atom stereocenters. The van der Waals surface area contributed by atoms with E-state index in [0.29, 0.717) is 27.8 Å². The summed E-state index contributed by atoms with van der Waals surface area (Å²) in [4.78, 5) is 3.37. The van der Waals surface area contributed by atoms with E-state index in [1.165, 1.54) is 39.2 Å². The standard InChI is InChI=1S/C40H29N5S/c1-24-16-25(2)38(26(3)17-24)45-35-13-7-6-12-33(35)40(14-8-9-15-40)34-19-29(46-39(34)45)18-32-36(27(20-41)21-42)30-10-4-5-11-31(30)37(32)28(22-43)23-44/h4-7,10-13,16-19H,8-9,14-15H2,1-3H3. The Morgan fingerprint density at radius 1 is 0.739 bits per heavy atom. The van der Waals surface area contributed by atoms with Crippen LogP contribution in [0.15, 0.2) is 83.4 Å². The van der Waals surface area contributed by atoms with E-state index in [2.05, 4.69) is 92.4 Å². The molecule has 220 valence electrons. The highest BCUT2D eigenvalue weighted by Gasteiger charge is 2.47. The highest BCUT2D eigenvalue weighted by molar-refractivity contribution is 7.17. The molecule has 0 radical (unpaired) electrons. The third kappa shape index (κ3) is 4.16. The van der Waals surface area contributed by atoms with Crippen molar-refractivity contribution in [1.82, 2.24) is 0 Å². The summed E-state index contributed by atoms with van der Waals surface area (Å²) in [5, 5.41) is 41.3. The summed E-state index contributed by atoms with van der Waals surface area (Å²) < 4.78 is 0. The van der Waals surface area contributed by atoms with Gasteiger partial charge in [0.2, 0.25) is 0 Å². The van der Waals surface area contributed by atoms with Gasteiger partial charge in [0.25, 0.3) is 0 Å². The second-order valence-electron chi connectivity index (χ2n) is 12.3. The highest BCUT2D eigenvalue weighted by Crippen LogP contribution is 2.61. The molecule has 0 atom stereocenters. The Morgan fingerprint density at radius 3 is 1.85 bits per heavy atom. The van der Waals surface area contributed by atoms with E-state index in [9.17, 15) is 21.0 Å². The molecule has 2 aliphatic carbocycles. The number of nitrogens with zero attached hydrogens (tertiary/aromatic N) is 5. The summed E-state index contributed by atoms with van der Waals surface area (Å²) in [6, 6.07) is 31.2. The van der Waals surface area contributed by atoms with Crippen LogP contribution in [0.3, 0.4) is 0 Å². The normalized spacial score (nSPS) is 15.3. The topological polar surface area (TPSA) is 98.4 Å². The van der Waals surface area contributed by atoms with E-state index < -0.39 is 0 Å². The van der Waals surface area contributed by atoms with Crippen LogP contribution in [0.25, 0.3) is 17.2 Å². The second kappa shape index (κ2) is 11.1. The summed E-state index contributed by atoms with van der Waals surface area (Å²) in [5.41, 5.74) is 11.3. The summed E-state index contributed by atoms with van der Waals surface area (Å²) in [6.45, 7) is 6.48. The quantitative estimate of drug-likeness (QED) is 0.210. The molecule has 7 rings (SSSR count). The smallest absolute Gasteiger partial charge is 0.138 e. The van der Waals surface area contributed by atoms with Crippen molar-refractivity contribution in [3.8, 4) is 24.3 Å². The molecule has 1 aliphatic heterocycles. The minimum absolute atomic E-state index is 0.0440. The lowest BCUT2D eigenvalue weighted by molar-refractivity contribution is 0.532. The van der Waals surface area contributed by atoms with Crippen LogP contribution in [0.1, 0.15) is 69.5 Å². The van der Waals surface area contributed by atoms with Crippen molar-refractivity contribution in [2.24, 2.45) is 0 Å². The van der Waals surface area contributed by atoms with E-state index >= 15 is 0 Å². The van der Waals surface area contributed by atoms with Gasteiger partial charge in [0.05, 0.1) is 11.4 Å². The largest absolute Gasteiger partial charge is 0.301 e. The summed E-state index contributed by atoms with van der Waals surface area (Å²) in [6.07, 6.45) is 6.41. The molecule has 0 amide bonds. The Bertz CT molecular complexity index is 2120. The molecule has 3 aromatic carbocycles. The van der Waals surface area contributed by atoms with Gasteiger partial charge in [-0.05, 0) is 90.8 Å². The second-order valence-corrected chi connectivity index (χ2v) is 13.4. The number of nitriles is 4. The predicted octanol–water partition coefficient (Wildman–Crippen LogP) is 10.0. The van der Waals surface area contributed by atoms with Crippen molar-refractivity contribution in [2.45, 2.75) is 51.9 Å². The average molecular weight is 612 g/mol. The van der Waals surface area contributed by atoms with Gasteiger partial charge in [0.1, 0.15) is 40.4 Å². The van der Waals surface area contributed by atoms with Gasteiger partial charge < -0.3 is 4.90 Å². The molecule has 0 saturated heterocycles. The molecule has 6 heteroatoms. The van der Waals surface area contributed by atoms with Crippen LogP contribution in [0, 0.1) is 66.1 Å². The van der Waals surface area contributed by atoms with Gasteiger partial charge in [0.15, 0.2) is 0 Å². The zero-order valence-corrected chi connectivity index (χ0v) is 26.7. The van der Waals surface area contributed by atoms with E-state index in [4.69, 9.17) is 0 Å². The fraction of sp³-hybridized carbons (Fsp3) is 0.200.